The van der Waals surface area contributed by atoms with E-state index in [4.69, 9.17) is 9.47 Å². The molecule has 0 saturated heterocycles. The van der Waals surface area contributed by atoms with Gasteiger partial charge in [0.05, 0.1) is 10.6 Å². The Kier molecular flexibility index (Phi) is 6.93. The monoisotopic (exact) mass is 452 g/mol. The normalized spacial score (nSPS) is 11.2. The number of ether oxygens (including phenoxy) is 2. The van der Waals surface area contributed by atoms with Crippen LogP contribution in [0.4, 0.5) is 0 Å². The number of esters is 1. The number of nitriles is 1. The highest BCUT2D eigenvalue weighted by molar-refractivity contribution is 7.13. The lowest BCUT2D eigenvalue weighted by atomic mass is 10.00. The summed E-state index contributed by atoms with van der Waals surface area (Å²) in [7, 11) is 0. The van der Waals surface area contributed by atoms with Gasteiger partial charge in [0.2, 0.25) is 12.0 Å². The molecule has 1 atom stereocenters. The topological polar surface area (TPSA) is 72.2 Å². The van der Waals surface area contributed by atoms with Gasteiger partial charge in [-0.1, -0.05) is 79.4 Å². The van der Waals surface area contributed by atoms with Gasteiger partial charge in [0.25, 0.3) is 0 Å². The molecule has 4 aromatic rings. The smallest absolute Gasteiger partial charge is 0.352 e. The SMILES string of the molecule is C=CCOC(=O)C(Oc1nc(-c2cccs2)cc(-c2ccccc2)c1C#N)c1ccccc1. The Morgan fingerprint density at radius 3 is 2.45 bits per heavy atom. The number of pyridine rings is 1. The van der Waals surface area contributed by atoms with Crippen LogP contribution in [0.1, 0.15) is 17.2 Å². The first-order valence-corrected chi connectivity index (χ1v) is 11.1. The second-order valence-electron chi connectivity index (χ2n) is 7.02. The molecule has 0 spiro atoms. The second kappa shape index (κ2) is 10.4. The maximum Gasteiger partial charge on any atom is 0.352 e. The number of rotatable bonds is 8. The summed E-state index contributed by atoms with van der Waals surface area (Å²) in [6, 6.07) is 26.5. The average Bonchev–Trinajstić information content (AvgIpc) is 3.41. The molecule has 0 bridgehead atoms. The first-order valence-electron chi connectivity index (χ1n) is 10.2. The van der Waals surface area contributed by atoms with Crippen LogP contribution in [0.2, 0.25) is 0 Å². The molecule has 1 unspecified atom stereocenters. The lowest BCUT2D eigenvalue weighted by molar-refractivity contribution is -0.151. The van der Waals surface area contributed by atoms with Crippen LogP contribution in [-0.4, -0.2) is 17.6 Å². The number of thiophene rings is 1. The van der Waals surface area contributed by atoms with Gasteiger partial charge in [-0.2, -0.15) is 5.26 Å². The first kappa shape index (κ1) is 22.0. The van der Waals surface area contributed by atoms with E-state index in [2.05, 4.69) is 17.6 Å². The third-order valence-corrected chi connectivity index (χ3v) is 5.74. The summed E-state index contributed by atoms with van der Waals surface area (Å²) in [6.07, 6.45) is 0.400. The number of carbonyl (C=O) groups is 1. The third kappa shape index (κ3) is 5.00. The van der Waals surface area contributed by atoms with Crippen LogP contribution in [0, 0.1) is 11.3 Å². The van der Waals surface area contributed by atoms with E-state index in [-0.39, 0.29) is 18.1 Å². The minimum absolute atomic E-state index is 0.0502. The molecule has 0 fully saturated rings. The van der Waals surface area contributed by atoms with E-state index >= 15 is 0 Å². The molecule has 5 nitrogen and oxygen atoms in total. The van der Waals surface area contributed by atoms with Crippen molar-refractivity contribution < 1.29 is 14.3 Å². The van der Waals surface area contributed by atoms with E-state index in [0.717, 1.165) is 10.4 Å². The number of hydrogen-bond donors (Lipinski definition) is 0. The summed E-state index contributed by atoms with van der Waals surface area (Å²) >= 11 is 1.53. The van der Waals surface area contributed by atoms with Gasteiger partial charge in [-0.25, -0.2) is 9.78 Å². The molecule has 33 heavy (non-hydrogen) atoms. The van der Waals surface area contributed by atoms with E-state index < -0.39 is 12.1 Å². The van der Waals surface area contributed by atoms with Crippen molar-refractivity contribution in [1.82, 2.24) is 4.98 Å². The Balaban J connectivity index is 1.85. The molecule has 162 valence electrons. The van der Waals surface area contributed by atoms with Crippen molar-refractivity contribution in [2.24, 2.45) is 0 Å². The van der Waals surface area contributed by atoms with Gasteiger partial charge in [0.1, 0.15) is 18.2 Å². The van der Waals surface area contributed by atoms with E-state index in [1.165, 1.54) is 17.4 Å². The zero-order valence-electron chi connectivity index (χ0n) is 17.7. The summed E-state index contributed by atoms with van der Waals surface area (Å²) in [5, 5.41) is 12.0. The molecule has 0 amide bonds. The Morgan fingerprint density at radius 1 is 1.09 bits per heavy atom. The van der Waals surface area contributed by atoms with E-state index in [1.807, 2.05) is 72.1 Å². The number of hydrogen-bond acceptors (Lipinski definition) is 6. The second-order valence-corrected chi connectivity index (χ2v) is 7.97. The largest absolute Gasteiger partial charge is 0.458 e. The predicted molar refractivity (Wildman–Crippen MR) is 129 cm³/mol. The Hall–Kier alpha value is -4.21. The van der Waals surface area contributed by atoms with Crippen LogP contribution in [-0.2, 0) is 9.53 Å². The van der Waals surface area contributed by atoms with Crippen LogP contribution in [0.5, 0.6) is 5.88 Å². The summed E-state index contributed by atoms with van der Waals surface area (Å²) < 4.78 is 11.4. The fourth-order valence-corrected chi connectivity index (χ4v) is 4.01. The van der Waals surface area contributed by atoms with E-state index in [1.54, 1.807) is 12.1 Å². The van der Waals surface area contributed by atoms with E-state index in [9.17, 15) is 10.1 Å². The van der Waals surface area contributed by atoms with Crippen LogP contribution in [0.3, 0.4) is 0 Å². The Bertz CT molecular complexity index is 1280. The quantitative estimate of drug-likeness (QED) is 0.235. The van der Waals surface area contributed by atoms with Crippen molar-refractivity contribution in [1.29, 1.82) is 5.26 Å². The maximum absolute atomic E-state index is 12.9. The predicted octanol–water partition coefficient (Wildman–Crippen LogP) is 6.20. The molecule has 0 saturated carbocycles. The first-order chi connectivity index (χ1) is 16.2. The number of benzene rings is 2. The fraction of sp³-hybridized carbons (Fsp3) is 0.0741. The van der Waals surface area contributed by atoms with Gasteiger partial charge < -0.3 is 9.47 Å². The standard InChI is InChI=1S/C27H20N2O3S/c1-2-15-31-27(30)25(20-12-7-4-8-13-20)32-26-22(18-28)21(19-10-5-3-6-11-19)17-23(29-26)24-14-9-16-33-24/h2-14,16-17,25H,1,15H2. The summed E-state index contributed by atoms with van der Waals surface area (Å²) in [5.74, 6) is -0.513. The van der Waals surface area contributed by atoms with Gasteiger partial charge in [0, 0.05) is 11.1 Å². The highest BCUT2D eigenvalue weighted by Crippen LogP contribution is 2.36. The van der Waals surface area contributed by atoms with Crippen LogP contribution < -0.4 is 4.74 Å². The molecule has 0 aliphatic carbocycles. The highest BCUT2D eigenvalue weighted by atomic mass is 32.1. The van der Waals surface area contributed by atoms with Crippen molar-refractivity contribution in [3.63, 3.8) is 0 Å². The minimum Gasteiger partial charge on any atom is -0.458 e. The van der Waals surface area contributed by atoms with Crippen LogP contribution in [0.25, 0.3) is 21.7 Å². The molecule has 0 N–H and O–H groups in total. The molecular formula is C27H20N2O3S. The maximum atomic E-state index is 12.9. The lowest BCUT2D eigenvalue weighted by Gasteiger charge is -2.19. The lowest BCUT2D eigenvalue weighted by Crippen LogP contribution is -2.22. The minimum atomic E-state index is -1.09. The van der Waals surface area contributed by atoms with Crippen molar-refractivity contribution in [3.05, 3.63) is 108 Å². The molecule has 2 aromatic carbocycles. The molecule has 2 aromatic heterocycles. The summed E-state index contributed by atoms with van der Waals surface area (Å²) in [4.78, 5) is 18.4. The van der Waals surface area contributed by atoms with Crippen molar-refractivity contribution in [2.75, 3.05) is 6.61 Å². The molecule has 0 radical (unpaired) electrons. The Morgan fingerprint density at radius 2 is 1.82 bits per heavy atom. The van der Waals surface area contributed by atoms with E-state index in [0.29, 0.717) is 16.8 Å². The van der Waals surface area contributed by atoms with Crippen molar-refractivity contribution >= 4 is 17.3 Å². The zero-order chi connectivity index (χ0) is 23.0. The molecule has 0 aliphatic rings. The number of carbonyl (C=O) groups excluding carboxylic acids is 1. The third-order valence-electron chi connectivity index (χ3n) is 4.85. The van der Waals surface area contributed by atoms with Crippen LogP contribution >= 0.6 is 11.3 Å². The van der Waals surface area contributed by atoms with Crippen LogP contribution in [0.15, 0.2) is 96.9 Å². The van der Waals surface area contributed by atoms with Gasteiger partial charge in [-0.15, -0.1) is 11.3 Å². The van der Waals surface area contributed by atoms with Crippen molar-refractivity contribution in [2.45, 2.75) is 6.10 Å². The van der Waals surface area contributed by atoms with Crippen molar-refractivity contribution in [3.8, 4) is 33.6 Å². The molecular weight excluding hydrogens is 432 g/mol. The molecule has 2 heterocycles. The number of nitrogens with zero attached hydrogens (tertiary/aromatic N) is 2. The zero-order valence-corrected chi connectivity index (χ0v) is 18.5. The average molecular weight is 453 g/mol. The van der Waals surface area contributed by atoms with Gasteiger partial charge in [0.15, 0.2) is 0 Å². The summed E-state index contributed by atoms with van der Waals surface area (Å²) in [5.41, 5.74) is 3.03. The van der Waals surface area contributed by atoms with Gasteiger partial charge in [-0.05, 0) is 23.1 Å². The Labute approximate surface area is 196 Å². The van der Waals surface area contributed by atoms with Gasteiger partial charge >= 0.3 is 5.97 Å². The molecule has 4 rings (SSSR count). The summed E-state index contributed by atoms with van der Waals surface area (Å²) in [6.45, 7) is 3.64. The molecule has 0 aliphatic heterocycles. The van der Waals surface area contributed by atoms with Gasteiger partial charge in [-0.3, -0.25) is 0 Å². The highest BCUT2D eigenvalue weighted by Gasteiger charge is 2.27. The molecule has 6 heteroatoms. The number of aromatic nitrogens is 1. The fourth-order valence-electron chi connectivity index (χ4n) is 3.32.